The summed E-state index contributed by atoms with van der Waals surface area (Å²) in [5.41, 5.74) is 1.68. The standard InChI is InChI=1S/C8H9FN4S/c1-4(2-14)5-6-7(11-3-10-6)13-8(9)12-5/h3-4,14H,2H2,1H3,(H,10,11,12,13). The smallest absolute Gasteiger partial charge is 0.311 e. The Morgan fingerprint density at radius 1 is 1.57 bits per heavy atom. The molecule has 0 saturated heterocycles. The van der Waals surface area contributed by atoms with Crippen molar-refractivity contribution in [3.63, 3.8) is 0 Å². The number of aromatic nitrogens is 4. The van der Waals surface area contributed by atoms with E-state index in [0.717, 1.165) is 0 Å². The zero-order valence-electron chi connectivity index (χ0n) is 7.53. The number of imidazole rings is 1. The third kappa shape index (κ3) is 1.45. The van der Waals surface area contributed by atoms with E-state index in [1.54, 1.807) is 0 Å². The highest BCUT2D eigenvalue weighted by Crippen LogP contribution is 2.20. The fourth-order valence-corrected chi connectivity index (χ4v) is 1.44. The Hall–Kier alpha value is -1.17. The summed E-state index contributed by atoms with van der Waals surface area (Å²) in [6, 6.07) is 0. The van der Waals surface area contributed by atoms with Gasteiger partial charge in [-0.1, -0.05) is 6.92 Å². The van der Waals surface area contributed by atoms with Crippen LogP contribution in [0.2, 0.25) is 0 Å². The summed E-state index contributed by atoms with van der Waals surface area (Å²) >= 11 is 4.15. The number of halogens is 1. The first kappa shape index (κ1) is 9.39. The average molecular weight is 212 g/mol. The van der Waals surface area contributed by atoms with Crippen molar-refractivity contribution < 1.29 is 4.39 Å². The molecule has 1 N–H and O–H groups in total. The van der Waals surface area contributed by atoms with Crippen molar-refractivity contribution in [2.45, 2.75) is 12.8 Å². The maximum atomic E-state index is 13.0. The van der Waals surface area contributed by atoms with Crippen molar-refractivity contribution in [2.24, 2.45) is 0 Å². The van der Waals surface area contributed by atoms with Gasteiger partial charge >= 0.3 is 6.08 Å². The lowest BCUT2D eigenvalue weighted by atomic mass is 10.1. The molecule has 14 heavy (non-hydrogen) atoms. The maximum Gasteiger partial charge on any atom is 0.311 e. The molecular formula is C8H9FN4S. The molecule has 0 bridgehead atoms. The minimum absolute atomic E-state index is 0.0683. The molecule has 2 rings (SSSR count). The molecule has 0 aliphatic carbocycles. The van der Waals surface area contributed by atoms with Crippen molar-refractivity contribution >= 4 is 23.8 Å². The Balaban J connectivity index is 2.66. The summed E-state index contributed by atoms with van der Waals surface area (Å²) < 4.78 is 13.0. The largest absolute Gasteiger partial charge is 0.342 e. The third-order valence-electron chi connectivity index (χ3n) is 2.03. The van der Waals surface area contributed by atoms with Crippen LogP contribution in [0.15, 0.2) is 6.33 Å². The Labute approximate surface area is 85.4 Å². The fourth-order valence-electron chi connectivity index (χ4n) is 1.27. The minimum atomic E-state index is -0.742. The van der Waals surface area contributed by atoms with E-state index in [0.29, 0.717) is 22.6 Å². The quantitative estimate of drug-likeness (QED) is 0.586. The van der Waals surface area contributed by atoms with Gasteiger partial charge < -0.3 is 4.98 Å². The zero-order chi connectivity index (χ0) is 10.1. The number of hydrogen-bond acceptors (Lipinski definition) is 4. The van der Waals surface area contributed by atoms with Crippen LogP contribution in [0.3, 0.4) is 0 Å². The summed E-state index contributed by atoms with van der Waals surface area (Å²) in [4.78, 5) is 14.1. The molecule has 0 aliphatic heterocycles. The molecule has 0 radical (unpaired) electrons. The molecule has 1 atom stereocenters. The Morgan fingerprint density at radius 3 is 3.07 bits per heavy atom. The van der Waals surface area contributed by atoms with Gasteiger partial charge in [0.15, 0.2) is 5.65 Å². The molecule has 74 valence electrons. The van der Waals surface area contributed by atoms with Crippen LogP contribution in [0.1, 0.15) is 18.5 Å². The topological polar surface area (TPSA) is 54.5 Å². The summed E-state index contributed by atoms with van der Waals surface area (Å²) in [5, 5.41) is 0. The number of nitrogens with zero attached hydrogens (tertiary/aromatic N) is 3. The van der Waals surface area contributed by atoms with E-state index >= 15 is 0 Å². The van der Waals surface area contributed by atoms with E-state index in [-0.39, 0.29) is 5.92 Å². The number of aromatic amines is 1. The van der Waals surface area contributed by atoms with E-state index in [2.05, 4.69) is 32.6 Å². The Bertz CT molecular complexity index is 456. The lowest BCUT2D eigenvalue weighted by molar-refractivity contribution is 0.534. The van der Waals surface area contributed by atoms with E-state index in [9.17, 15) is 4.39 Å². The van der Waals surface area contributed by atoms with Crippen LogP contribution in [-0.4, -0.2) is 25.7 Å². The van der Waals surface area contributed by atoms with Gasteiger partial charge in [0.25, 0.3) is 0 Å². The molecule has 0 amide bonds. The molecule has 4 nitrogen and oxygen atoms in total. The number of rotatable bonds is 2. The molecule has 2 heterocycles. The molecule has 0 spiro atoms. The SMILES string of the molecule is CC(CS)c1nc(F)nc2nc[nH]c12. The number of fused-ring (bicyclic) bond motifs is 1. The summed E-state index contributed by atoms with van der Waals surface area (Å²) in [6.07, 6.45) is 0.737. The Morgan fingerprint density at radius 2 is 2.36 bits per heavy atom. The van der Waals surface area contributed by atoms with E-state index in [1.807, 2.05) is 6.92 Å². The van der Waals surface area contributed by atoms with Crippen LogP contribution >= 0.6 is 12.6 Å². The van der Waals surface area contributed by atoms with Crippen LogP contribution in [-0.2, 0) is 0 Å². The molecule has 0 saturated carbocycles. The second kappa shape index (κ2) is 3.53. The lowest BCUT2D eigenvalue weighted by Gasteiger charge is -2.07. The second-order valence-corrected chi connectivity index (χ2v) is 3.43. The summed E-state index contributed by atoms with van der Waals surface area (Å²) in [7, 11) is 0. The van der Waals surface area contributed by atoms with Gasteiger partial charge in [0.2, 0.25) is 0 Å². The molecule has 2 aromatic rings. The predicted octanol–water partition coefficient (Wildman–Crippen LogP) is 1.53. The minimum Gasteiger partial charge on any atom is -0.342 e. The van der Waals surface area contributed by atoms with Crippen LogP contribution in [0.5, 0.6) is 0 Å². The van der Waals surface area contributed by atoms with Crippen molar-refractivity contribution in [1.82, 2.24) is 19.9 Å². The lowest BCUT2D eigenvalue weighted by Crippen LogP contribution is -2.03. The predicted molar refractivity (Wildman–Crippen MR) is 53.9 cm³/mol. The highest BCUT2D eigenvalue weighted by atomic mass is 32.1. The van der Waals surface area contributed by atoms with Gasteiger partial charge in [-0.2, -0.15) is 22.0 Å². The van der Waals surface area contributed by atoms with Gasteiger partial charge in [0.05, 0.1) is 12.0 Å². The molecule has 2 aromatic heterocycles. The van der Waals surface area contributed by atoms with E-state index < -0.39 is 6.08 Å². The van der Waals surface area contributed by atoms with Gasteiger partial charge in [-0.25, -0.2) is 9.97 Å². The van der Waals surface area contributed by atoms with Gasteiger partial charge in [-0.15, -0.1) is 0 Å². The van der Waals surface area contributed by atoms with Crippen molar-refractivity contribution in [1.29, 1.82) is 0 Å². The van der Waals surface area contributed by atoms with Crippen molar-refractivity contribution in [3.05, 3.63) is 18.1 Å². The number of H-pyrrole nitrogens is 1. The van der Waals surface area contributed by atoms with Crippen molar-refractivity contribution in [2.75, 3.05) is 5.75 Å². The molecule has 6 heteroatoms. The summed E-state index contributed by atoms with van der Waals surface area (Å²) in [6.45, 7) is 1.93. The second-order valence-electron chi connectivity index (χ2n) is 3.06. The van der Waals surface area contributed by atoms with E-state index in [1.165, 1.54) is 6.33 Å². The molecule has 1 unspecified atom stereocenters. The van der Waals surface area contributed by atoms with Crippen molar-refractivity contribution in [3.8, 4) is 0 Å². The van der Waals surface area contributed by atoms with E-state index in [4.69, 9.17) is 0 Å². The summed E-state index contributed by atoms with van der Waals surface area (Å²) in [5.74, 6) is 0.670. The van der Waals surface area contributed by atoms with Gasteiger partial charge in [0, 0.05) is 5.92 Å². The average Bonchev–Trinajstić information content (AvgIpc) is 2.62. The van der Waals surface area contributed by atoms with Crippen LogP contribution in [0.4, 0.5) is 4.39 Å². The number of thiol groups is 1. The maximum absolute atomic E-state index is 13.0. The number of nitrogens with one attached hydrogen (secondary N) is 1. The normalized spacial score (nSPS) is 13.4. The fraction of sp³-hybridized carbons (Fsp3) is 0.375. The van der Waals surface area contributed by atoms with Gasteiger partial charge in [-0.3, -0.25) is 0 Å². The highest BCUT2D eigenvalue weighted by molar-refractivity contribution is 7.80. The van der Waals surface area contributed by atoms with Crippen LogP contribution in [0, 0.1) is 6.08 Å². The zero-order valence-corrected chi connectivity index (χ0v) is 8.42. The number of hydrogen-bond donors (Lipinski definition) is 2. The molecule has 0 fully saturated rings. The molecule has 0 aromatic carbocycles. The highest BCUT2D eigenvalue weighted by Gasteiger charge is 2.14. The Kier molecular flexibility index (Phi) is 2.37. The molecule has 0 aliphatic rings. The first-order chi connectivity index (χ1) is 6.72. The van der Waals surface area contributed by atoms with Crippen LogP contribution < -0.4 is 0 Å². The molecular weight excluding hydrogens is 203 g/mol. The van der Waals surface area contributed by atoms with Gasteiger partial charge in [-0.05, 0) is 5.75 Å². The monoisotopic (exact) mass is 212 g/mol. The van der Waals surface area contributed by atoms with Crippen LogP contribution in [0.25, 0.3) is 11.2 Å². The third-order valence-corrected chi connectivity index (χ3v) is 2.57. The first-order valence-electron chi connectivity index (χ1n) is 4.19. The van der Waals surface area contributed by atoms with Gasteiger partial charge in [0.1, 0.15) is 5.52 Å². The first-order valence-corrected chi connectivity index (χ1v) is 4.83.